The Morgan fingerprint density at radius 2 is 1.60 bits per heavy atom. The van der Waals surface area contributed by atoms with Gasteiger partial charge in [-0.3, -0.25) is 13.9 Å². The van der Waals surface area contributed by atoms with E-state index in [4.69, 9.17) is 34.8 Å². The SMILES string of the molecule is CNC(=O)[C@H](C)N(Cc1ccc(Cl)cc1Cl)C(=O)CN(c1ccc(Cl)c(C(F)(F)F)c1)S(=O)(=O)c1ccccc1. The molecular weight excluding hydrogens is 614 g/mol. The third-order valence-corrected chi connectivity index (χ3v) is 8.63. The molecule has 1 N–H and O–H groups in total. The first-order valence-electron chi connectivity index (χ1n) is 11.6. The van der Waals surface area contributed by atoms with Crippen LogP contribution in [0.25, 0.3) is 0 Å². The van der Waals surface area contributed by atoms with Crippen LogP contribution >= 0.6 is 34.8 Å². The zero-order valence-electron chi connectivity index (χ0n) is 21.0. The van der Waals surface area contributed by atoms with Gasteiger partial charge in [-0.05, 0) is 55.0 Å². The highest BCUT2D eigenvalue weighted by atomic mass is 35.5. The lowest BCUT2D eigenvalue weighted by atomic mass is 10.1. The predicted molar refractivity (Wildman–Crippen MR) is 148 cm³/mol. The number of nitrogens with zero attached hydrogens (tertiary/aromatic N) is 2. The van der Waals surface area contributed by atoms with Crippen molar-refractivity contribution < 1.29 is 31.2 Å². The van der Waals surface area contributed by atoms with E-state index in [1.807, 2.05) is 0 Å². The first-order valence-corrected chi connectivity index (χ1v) is 14.1. The van der Waals surface area contributed by atoms with Crippen LogP contribution in [-0.2, 0) is 32.3 Å². The summed E-state index contributed by atoms with van der Waals surface area (Å²) in [6.07, 6.45) is -4.90. The quantitative estimate of drug-likeness (QED) is 0.311. The highest BCUT2D eigenvalue weighted by Gasteiger charge is 2.37. The van der Waals surface area contributed by atoms with Crippen molar-refractivity contribution in [1.82, 2.24) is 10.2 Å². The Labute approximate surface area is 244 Å². The normalized spacial score (nSPS) is 12.5. The number of anilines is 1. The molecule has 2 amide bonds. The van der Waals surface area contributed by atoms with Gasteiger partial charge in [0.05, 0.1) is 21.2 Å². The molecule has 0 saturated heterocycles. The standard InChI is InChI=1S/C26H23Cl3F3N3O4S/c1-16(25(37)33-2)34(14-17-8-9-18(27)12-23(17)29)24(36)15-35(40(38,39)20-6-4-3-5-7-20)19-10-11-22(28)21(13-19)26(30,31)32/h3-13,16H,14-15H2,1-2H3,(H,33,37)/t16-/m0/s1. The number of nitrogens with one attached hydrogen (secondary N) is 1. The summed E-state index contributed by atoms with van der Waals surface area (Å²) in [6, 6.07) is 12.8. The third-order valence-electron chi connectivity index (χ3n) is 5.92. The van der Waals surface area contributed by atoms with Gasteiger partial charge in [0.15, 0.2) is 0 Å². The number of hydrogen-bond acceptors (Lipinski definition) is 4. The van der Waals surface area contributed by atoms with Gasteiger partial charge in [-0.2, -0.15) is 13.2 Å². The van der Waals surface area contributed by atoms with Gasteiger partial charge in [0.2, 0.25) is 11.8 Å². The van der Waals surface area contributed by atoms with E-state index >= 15 is 0 Å². The predicted octanol–water partition coefficient (Wildman–Crippen LogP) is 6.02. The van der Waals surface area contributed by atoms with Crippen LogP contribution in [0, 0.1) is 0 Å². The van der Waals surface area contributed by atoms with E-state index in [9.17, 15) is 31.2 Å². The van der Waals surface area contributed by atoms with Crippen molar-refractivity contribution in [1.29, 1.82) is 0 Å². The van der Waals surface area contributed by atoms with Gasteiger partial charge in [-0.25, -0.2) is 8.42 Å². The Kier molecular flexibility index (Phi) is 9.99. The van der Waals surface area contributed by atoms with E-state index in [2.05, 4.69) is 5.32 Å². The lowest BCUT2D eigenvalue weighted by Gasteiger charge is -2.32. The van der Waals surface area contributed by atoms with Crippen molar-refractivity contribution in [3.63, 3.8) is 0 Å². The maximum Gasteiger partial charge on any atom is 0.417 e. The largest absolute Gasteiger partial charge is 0.417 e. The number of carbonyl (C=O) groups is 2. The molecule has 14 heteroatoms. The lowest BCUT2D eigenvalue weighted by molar-refractivity contribution is -0.139. The summed E-state index contributed by atoms with van der Waals surface area (Å²) in [6.45, 7) is 0.250. The van der Waals surface area contributed by atoms with Gasteiger partial charge < -0.3 is 10.2 Å². The highest BCUT2D eigenvalue weighted by molar-refractivity contribution is 7.92. The third kappa shape index (κ3) is 7.20. The van der Waals surface area contributed by atoms with Gasteiger partial charge in [-0.15, -0.1) is 0 Å². The van der Waals surface area contributed by atoms with Crippen molar-refractivity contribution in [2.45, 2.75) is 30.6 Å². The van der Waals surface area contributed by atoms with Gasteiger partial charge in [-0.1, -0.05) is 59.1 Å². The van der Waals surface area contributed by atoms with Crippen LogP contribution < -0.4 is 9.62 Å². The molecular formula is C26H23Cl3F3N3O4S. The fourth-order valence-electron chi connectivity index (χ4n) is 3.76. The molecule has 7 nitrogen and oxygen atoms in total. The fraction of sp³-hybridized carbons (Fsp3) is 0.231. The minimum atomic E-state index is -4.90. The van der Waals surface area contributed by atoms with E-state index in [-0.39, 0.29) is 16.5 Å². The summed E-state index contributed by atoms with van der Waals surface area (Å²) >= 11 is 18.0. The van der Waals surface area contributed by atoms with Crippen molar-refractivity contribution in [2.24, 2.45) is 0 Å². The Bertz CT molecular complexity index is 1510. The van der Waals surface area contributed by atoms with Crippen molar-refractivity contribution in [3.8, 4) is 0 Å². The van der Waals surface area contributed by atoms with Crippen LogP contribution in [0.5, 0.6) is 0 Å². The summed E-state index contributed by atoms with van der Waals surface area (Å²) in [4.78, 5) is 27.0. The van der Waals surface area contributed by atoms with E-state index in [1.165, 1.54) is 56.4 Å². The molecule has 3 aromatic carbocycles. The first kappa shape index (κ1) is 31.5. The zero-order chi connectivity index (χ0) is 29.8. The van der Waals surface area contributed by atoms with Crippen molar-refractivity contribution >= 4 is 62.3 Å². The summed E-state index contributed by atoms with van der Waals surface area (Å²) in [5.74, 6) is -1.45. The molecule has 0 aromatic heterocycles. The monoisotopic (exact) mass is 635 g/mol. The van der Waals surface area contributed by atoms with Crippen LogP contribution in [0.4, 0.5) is 18.9 Å². The average molecular weight is 637 g/mol. The first-order chi connectivity index (χ1) is 18.7. The second kappa shape index (κ2) is 12.7. The second-order valence-corrected chi connectivity index (χ2v) is 11.6. The Morgan fingerprint density at radius 1 is 0.950 bits per heavy atom. The molecule has 214 valence electrons. The number of halogens is 6. The van der Waals surface area contributed by atoms with Gasteiger partial charge in [0.25, 0.3) is 10.0 Å². The van der Waals surface area contributed by atoms with Crippen LogP contribution in [0.2, 0.25) is 15.1 Å². The number of benzene rings is 3. The summed E-state index contributed by atoms with van der Waals surface area (Å²) in [5, 5.41) is 2.29. The summed E-state index contributed by atoms with van der Waals surface area (Å²) in [5.41, 5.74) is -1.33. The van der Waals surface area contributed by atoms with E-state index < -0.39 is 56.9 Å². The molecule has 3 rings (SSSR count). The van der Waals surface area contributed by atoms with Crippen molar-refractivity contribution in [3.05, 3.63) is 92.9 Å². The molecule has 0 fully saturated rings. The fourth-order valence-corrected chi connectivity index (χ4v) is 5.88. The van der Waals surface area contributed by atoms with E-state index in [0.717, 1.165) is 17.0 Å². The molecule has 0 bridgehead atoms. The smallest absolute Gasteiger partial charge is 0.357 e. The zero-order valence-corrected chi connectivity index (χ0v) is 24.1. The molecule has 0 saturated carbocycles. The molecule has 0 spiro atoms. The topological polar surface area (TPSA) is 86.8 Å². The van der Waals surface area contributed by atoms with Gasteiger partial charge >= 0.3 is 6.18 Å². The number of likely N-dealkylation sites (N-methyl/N-ethyl adjacent to an activating group) is 1. The maximum atomic E-state index is 13.7. The molecule has 0 heterocycles. The van der Waals surface area contributed by atoms with Crippen LogP contribution in [0.3, 0.4) is 0 Å². The molecule has 0 aliphatic rings. The molecule has 0 radical (unpaired) electrons. The Morgan fingerprint density at radius 3 is 2.17 bits per heavy atom. The number of rotatable bonds is 9. The minimum absolute atomic E-state index is 0.190. The van der Waals surface area contributed by atoms with Gasteiger partial charge in [0, 0.05) is 23.6 Å². The summed E-state index contributed by atoms with van der Waals surface area (Å²) < 4.78 is 68.8. The van der Waals surface area contributed by atoms with E-state index in [0.29, 0.717) is 21.0 Å². The molecule has 0 unspecified atom stereocenters. The molecule has 1 atom stereocenters. The van der Waals surface area contributed by atoms with Crippen molar-refractivity contribution in [2.75, 3.05) is 17.9 Å². The lowest BCUT2D eigenvalue weighted by Crippen LogP contribution is -2.50. The number of amides is 2. The highest BCUT2D eigenvalue weighted by Crippen LogP contribution is 2.38. The number of carbonyl (C=O) groups excluding carboxylic acids is 2. The maximum absolute atomic E-state index is 13.7. The van der Waals surface area contributed by atoms with Gasteiger partial charge in [0.1, 0.15) is 12.6 Å². The number of alkyl halides is 3. The van der Waals surface area contributed by atoms with Crippen LogP contribution in [0.1, 0.15) is 18.1 Å². The Balaban J connectivity index is 2.13. The number of hydrogen-bond donors (Lipinski definition) is 1. The molecule has 0 aliphatic carbocycles. The van der Waals surface area contributed by atoms with E-state index in [1.54, 1.807) is 6.07 Å². The average Bonchev–Trinajstić information content (AvgIpc) is 2.90. The molecule has 40 heavy (non-hydrogen) atoms. The minimum Gasteiger partial charge on any atom is -0.357 e. The Hall–Kier alpha value is -2.99. The second-order valence-electron chi connectivity index (χ2n) is 8.53. The van der Waals surface area contributed by atoms with Crippen LogP contribution in [0.15, 0.2) is 71.6 Å². The number of sulfonamides is 1. The molecule has 0 aliphatic heterocycles. The molecule has 3 aromatic rings. The van der Waals surface area contributed by atoms with Crippen LogP contribution in [-0.4, -0.2) is 44.8 Å². The summed E-state index contributed by atoms with van der Waals surface area (Å²) in [7, 11) is -3.21.